The van der Waals surface area contributed by atoms with Gasteiger partial charge in [0.15, 0.2) is 5.78 Å². The largest absolute Gasteiger partial charge is 0.377 e. The van der Waals surface area contributed by atoms with E-state index in [0.717, 1.165) is 38.9 Å². The van der Waals surface area contributed by atoms with Crippen LogP contribution in [0.3, 0.4) is 0 Å². The van der Waals surface area contributed by atoms with Gasteiger partial charge in [0.1, 0.15) is 0 Å². The molecule has 3 fully saturated rings. The molecular formula is C24H38N2O2. The van der Waals surface area contributed by atoms with Gasteiger partial charge in [0.2, 0.25) is 5.91 Å². The third kappa shape index (κ3) is 2.69. The van der Waals surface area contributed by atoms with Gasteiger partial charge in [-0.15, -0.1) is 0 Å². The first-order valence-corrected chi connectivity index (χ1v) is 11.5. The molecule has 3 aliphatic carbocycles. The van der Waals surface area contributed by atoms with Crippen LogP contribution in [0.15, 0.2) is 11.8 Å². The van der Waals surface area contributed by atoms with Crippen LogP contribution in [0, 0.1) is 34.5 Å². The fraction of sp³-hybridized carbons (Fsp3) is 0.833. The van der Waals surface area contributed by atoms with Gasteiger partial charge in [-0.25, -0.2) is 0 Å². The zero-order valence-corrected chi connectivity index (χ0v) is 18.5. The van der Waals surface area contributed by atoms with Crippen LogP contribution in [0.1, 0.15) is 66.2 Å². The maximum atomic E-state index is 13.3. The summed E-state index contributed by atoms with van der Waals surface area (Å²) in [6.45, 7) is 11.7. The lowest BCUT2D eigenvalue weighted by molar-refractivity contribution is -0.143. The lowest BCUT2D eigenvalue weighted by Gasteiger charge is -2.60. The first-order chi connectivity index (χ1) is 13.3. The predicted octanol–water partition coefficient (Wildman–Crippen LogP) is 4.11. The lowest BCUT2D eigenvalue weighted by atomic mass is 9.49. The highest BCUT2D eigenvalue weighted by Gasteiger charge is 2.61. The van der Waals surface area contributed by atoms with Gasteiger partial charge in [-0.1, -0.05) is 13.8 Å². The number of allylic oxidation sites excluding steroid dienone is 2. The molecule has 4 nitrogen and oxygen atoms in total. The SMILES string of the molecule is CCN(CC)C(=O)C1CCC2C3CN(C)C4=CC(=O)CCC4(C)C3CCC12C. The Kier molecular flexibility index (Phi) is 4.91. The zero-order valence-electron chi connectivity index (χ0n) is 18.5. The van der Waals surface area contributed by atoms with Gasteiger partial charge >= 0.3 is 0 Å². The molecule has 156 valence electrons. The third-order valence-corrected chi connectivity index (χ3v) is 9.30. The highest BCUT2D eigenvalue weighted by molar-refractivity contribution is 5.91. The number of nitrogens with zero attached hydrogens (tertiary/aromatic N) is 2. The van der Waals surface area contributed by atoms with Crippen molar-refractivity contribution >= 4 is 11.7 Å². The maximum absolute atomic E-state index is 13.3. The summed E-state index contributed by atoms with van der Waals surface area (Å²) in [5.74, 6) is 2.82. The van der Waals surface area contributed by atoms with Gasteiger partial charge in [0.05, 0.1) is 0 Å². The second kappa shape index (κ2) is 6.88. The molecule has 4 rings (SSSR count). The molecule has 0 aromatic carbocycles. The van der Waals surface area contributed by atoms with E-state index in [9.17, 15) is 9.59 Å². The lowest BCUT2D eigenvalue weighted by Crippen LogP contribution is -2.57. The smallest absolute Gasteiger partial charge is 0.226 e. The number of hydrogen-bond donors (Lipinski definition) is 0. The summed E-state index contributed by atoms with van der Waals surface area (Å²) in [5.41, 5.74) is 1.56. The minimum Gasteiger partial charge on any atom is -0.377 e. The molecule has 0 N–H and O–H groups in total. The van der Waals surface area contributed by atoms with Gasteiger partial charge in [0.25, 0.3) is 0 Å². The Morgan fingerprint density at radius 2 is 1.86 bits per heavy atom. The summed E-state index contributed by atoms with van der Waals surface area (Å²) >= 11 is 0. The van der Waals surface area contributed by atoms with E-state index >= 15 is 0 Å². The average Bonchev–Trinajstić information content (AvgIpc) is 3.01. The van der Waals surface area contributed by atoms with Crippen LogP contribution in [0.2, 0.25) is 0 Å². The van der Waals surface area contributed by atoms with Crippen LogP contribution in [0.5, 0.6) is 0 Å². The Morgan fingerprint density at radius 1 is 1.14 bits per heavy atom. The van der Waals surface area contributed by atoms with Crippen molar-refractivity contribution < 1.29 is 9.59 Å². The van der Waals surface area contributed by atoms with Gasteiger partial charge in [0, 0.05) is 56.2 Å². The van der Waals surface area contributed by atoms with Gasteiger partial charge < -0.3 is 9.80 Å². The van der Waals surface area contributed by atoms with Crippen molar-refractivity contribution in [2.75, 3.05) is 26.7 Å². The normalized spacial score (nSPS) is 42.4. The summed E-state index contributed by atoms with van der Waals surface area (Å²) in [7, 11) is 2.18. The molecule has 0 aromatic rings. The quantitative estimate of drug-likeness (QED) is 0.733. The fourth-order valence-corrected chi connectivity index (χ4v) is 7.73. The van der Waals surface area contributed by atoms with E-state index in [4.69, 9.17) is 0 Å². The van der Waals surface area contributed by atoms with Crippen molar-refractivity contribution in [3.05, 3.63) is 11.8 Å². The highest BCUT2D eigenvalue weighted by Crippen LogP contribution is 2.65. The predicted molar refractivity (Wildman–Crippen MR) is 112 cm³/mol. The van der Waals surface area contributed by atoms with Crippen molar-refractivity contribution in [2.45, 2.75) is 66.2 Å². The zero-order chi connectivity index (χ0) is 20.3. The number of fused-ring (bicyclic) bond motifs is 5. The van der Waals surface area contributed by atoms with E-state index in [1.54, 1.807) is 0 Å². The van der Waals surface area contributed by atoms with Crippen molar-refractivity contribution in [1.82, 2.24) is 9.80 Å². The van der Waals surface area contributed by atoms with Crippen molar-refractivity contribution in [3.63, 3.8) is 0 Å². The Bertz CT molecular complexity index is 697. The van der Waals surface area contributed by atoms with Crippen LogP contribution in [0.25, 0.3) is 0 Å². The fourth-order valence-electron chi connectivity index (χ4n) is 7.73. The van der Waals surface area contributed by atoms with Crippen LogP contribution in [-0.4, -0.2) is 48.2 Å². The summed E-state index contributed by atoms with van der Waals surface area (Å²) in [6, 6.07) is 0. The molecule has 0 bridgehead atoms. The molecule has 2 saturated carbocycles. The van der Waals surface area contributed by atoms with E-state index in [1.807, 2.05) is 11.0 Å². The molecule has 1 aliphatic heterocycles. The molecule has 0 radical (unpaired) electrons. The number of amides is 1. The molecule has 1 amide bonds. The number of carbonyl (C=O) groups excluding carboxylic acids is 2. The molecule has 0 spiro atoms. The Morgan fingerprint density at radius 3 is 2.54 bits per heavy atom. The van der Waals surface area contributed by atoms with Crippen molar-refractivity contribution in [2.24, 2.45) is 34.5 Å². The second-order valence-corrected chi connectivity index (χ2v) is 10.4. The van der Waals surface area contributed by atoms with E-state index in [-0.39, 0.29) is 16.7 Å². The van der Waals surface area contributed by atoms with E-state index < -0.39 is 0 Å². The van der Waals surface area contributed by atoms with Crippen molar-refractivity contribution in [3.8, 4) is 0 Å². The number of ketones is 1. The minimum absolute atomic E-state index is 0.133. The molecule has 28 heavy (non-hydrogen) atoms. The van der Waals surface area contributed by atoms with Crippen molar-refractivity contribution in [1.29, 1.82) is 0 Å². The molecule has 6 unspecified atom stereocenters. The minimum atomic E-state index is 0.133. The first-order valence-electron chi connectivity index (χ1n) is 11.5. The molecule has 4 heteroatoms. The number of carbonyl (C=O) groups is 2. The van der Waals surface area contributed by atoms with Crippen LogP contribution < -0.4 is 0 Å². The number of hydrogen-bond acceptors (Lipinski definition) is 3. The maximum Gasteiger partial charge on any atom is 0.226 e. The summed E-state index contributed by atoms with van der Waals surface area (Å²) in [6.07, 6.45) is 8.25. The van der Waals surface area contributed by atoms with Crippen LogP contribution in [-0.2, 0) is 9.59 Å². The second-order valence-electron chi connectivity index (χ2n) is 10.4. The molecule has 6 atom stereocenters. The number of rotatable bonds is 3. The topological polar surface area (TPSA) is 40.6 Å². The Hall–Kier alpha value is -1.32. The summed E-state index contributed by atoms with van der Waals surface area (Å²) < 4.78 is 0. The van der Waals surface area contributed by atoms with Gasteiger partial charge in [-0.05, 0) is 69.1 Å². The Balaban J connectivity index is 1.64. The summed E-state index contributed by atoms with van der Waals surface area (Å²) in [5, 5.41) is 0. The molecule has 0 aromatic heterocycles. The van der Waals surface area contributed by atoms with Gasteiger partial charge in [-0.3, -0.25) is 9.59 Å². The van der Waals surface area contributed by atoms with E-state index in [2.05, 4.69) is 39.6 Å². The molecule has 1 heterocycles. The highest BCUT2D eigenvalue weighted by atomic mass is 16.2. The number of piperidine rings is 1. The van der Waals surface area contributed by atoms with Crippen LogP contribution in [0.4, 0.5) is 0 Å². The Labute approximate surface area is 170 Å². The number of likely N-dealkylation sites (tertiary alicyclic amines) is 1. The molecule has 4 aliphatic rings. The monoisotopic (exact) mass is 386 g/mol. The molecular weight excluding hydrogens is 348 g/mol. The van der Waals surface area contributed by atoms with Gasteiger partial charge in [-0.2, -0.15) is 0 Å². The van der Waals surface area contributed by atoms with E-state index in [0.29, 0.717) is 35.9 Å². The van der Waals surface area contributed by atoms with Crippen LogP contribution >= 0.6 is 0 Å². The standard InChI is InChI=1S/C24H38N2O2/c1-6-26(7-2)22(28)20-9-8-18-17-15-25(5)21-14-16(27)10-12-24(21,4)19(17)11-13-23(18,20)3/h14,17-20H,6-13,15H2,1-5H3. The van der Waals surface area contributed by atoms with E-state index in [1.165, 1.54) is 18.5 Å². The molecule has 1 saturated heterocycles. The average molecular weight is 387 g/mol. The first kappa shape index (κ1) is 20.0. The third-order valence-electron chi connectivity index (χ3n) is 9.30. The summed E-state index contributed by atoms with van der Waals surface area (Å²) in [4.78, 5) is 29.8.